The minimum atomic E-state index is 0.458. The van der Waals surface area contributed by atoms with Gasteiger partial charge in [0.2, 0.25) is 5.88 Å². The quantitative estimate of drug-likeness (QED) is 0.905. The summed E-state index contributed by atoms with van der Waals surface area (Å²) in [5.74, 6) is 2.10. The zero-order valence-corrected chi connectivity index (χ0v) is 12.1. The van der Waals surface area contributed by atoms with E-state index in [9.17, 15) is 0 Å². The van der Waals surface area contributed by atoms with Crippen molar-refractivity contribution in [3.8, 4) is 5.88 Å². The predicted molar refractivity (Wildman–Crippen MR) is 77.4 cm³/mol. The summed E-state index contributed by atoms with van der Waals surface area (Å²) < 4.78 is 5.57. The highest BCUT2D eigenvalue weighted by molar-refractivity contribution is 5.68. The minimum Gasteiger partial charge on any atom is -0.476 e. The molecule has 2 rings (SSSR count). The number of hydrogen-bond donors (Lipinski definition) is 1. The van der Waals surface area contributed by atoms with Gasteiger partial charge in [-0.25, -0.2) is 4.98 Å². The summed E-state index contributed by atoms with van der Waals surface area (Å²) in [5.41, 5.74) is 6.73. The fraction of sp³-hybridized carbons (Fsp3) is 0.714. The van der Waals surface area contributed by atoms with E-state index in [2.05, 4.69) is 35.6 Å². The second kappa shape index (κ2) is 6.08. The van der Waals surface area contributed by atoms with Crippen LogP contribution in [0.1, 0.15) is 40.0 Å². The van der Waals surface area contributed by atoms with E-state index in [-0.39, 0.29) is 0 Å². The second-order valence-corrected chi connectivity index (χ2v) is 5.44. The molecule has 1 aliphatic heterocycles. The molecule has 0 bridgehead atoms. The van der Waals surface area contributed by atoms with Crippen LogP contribution in [-0.4, -0.2) is 29.2 Å². The van der Waals surface area contributed by atoms with Gasteiger partial charge in [-0.05, 0) is 32.1 Å². The van der Waals surface area contributed by atoms with E-state index in [0.717, 1.165) is 24.7 Å². The molecule has 2 unspecified atom stereocenters. The zero-order valence-electron chi connectivity index (χ0n) is 12.1. The van der Waals surface area contributed by atoms with Crippen molar-refractivity contribution in [3.05, 3.63) is 6.33 Å². The van der Waals surface area contributed by atoms with Crippen LogP contribution in [0.3, 0.4) is 0 Å². The van der Waals surface area contributed by atoms with Crippen LogP contribution < -0.4 is 15.4 Å². The van der Waals surface area contributed by atoms with Crippen molar-refractivity contribution in [1.29, 1.82) is 0 Å². The first kappa shape index (κ1) is 13.9. The summed E-state index contributed by atoms with van der Waals surface area (Å²) in [6, 6.07) is 0.458. The lowest BCUT2D eigenvalue weighted by Gasteiger charge is -2.37. The van der Waals surface area contributed by atoms with E-state index in [1.165, 1.54) is 12.8 Å². The summed E-state index contributed by atoms with van der Waals surface area (Å²) in [4.78, 5) is 10.8. The van der Waals surface area contributed by atoms with E-state index < -0.39 is 0 Å². The number of nitrogens with zero attached hydrogens (tertiary/aromatic N) is 3. The molecular formula is C14H24N4O. The van der Waals surface area contributed by atoms with Crippen molar-refractivity contribution < 1.29 is 4.74 Å². The third-order valence-electron chi connectivity index (χ3n) is 3.68. The highest BCUT2D eigenvalue weighted by atomic mass is 16.5. The Morgan fingerprint density at radius 2 is 2.21 bits per heavy atom. The number of anilines is 2. The Hall–Kier alpha value is -1.52. The van der Waals surface area contributed by atoms with Gasteiger partial charge in [-0.3, -0.25) is 0 Å². The Balaban J connectivity index is 2.19. The fourth-order valence-electron chi connectivity index (χ4n) is 2.64. The Morgan fingerprint density at radius 3 is 2.89 bits per heavy atom. The lowest BCUT2D eigenvalue weighted by molar-refractivity contribution is 0.306. The number of aromatic nitrogens is 2. The fourth-order valence-corrected chi connectivity index (χ4v) is 2.64. The third-order valence-corrected chi connectivity index (χ3v) is 3.68. The maximum atomic E-state index is 6.16. The molecule has 1 saturated heterocycles. The smallest absolute Gasteiger partial charge is 0.242 e. The molecule has 1 aliphatic rings. The lowest BCUT2D eigenvalue weighted by atomic mass is 9.93. The average Bonchev–Trinajstić information content (AvgIpc) is 2.38. The number of rotatable bonds is 4. The van der Waals surface area contributed by atoms with E-state index >= 15 is 0 Å². The van der Waals surface area contributed by atoms with Gasteiger partial charge in [0, 0.05) is 12.6 Å². The van der Waals surface area contributed by atoms with Crippen molar-refractivity contribution in [1.82, 2.24) is 9.97 Å². The standard InChI is InChI=1S/C14H24N4O/c1-4-7-19-14-12(15)13(16-9-17-14)18-6-5-10(2)8-11(18)3/h9-11H,4-8,15H2,1-3H3. The van der Waals surface area contributed by atoms with Crippen molar-refractivity contribution in [3.63, 3.8) is 0 Å². The van der Waals surface area contributed by atoms with Gasteiger partial charge in [-0.1, -0.05) is 13.8 Å². The molecule has 106 valence electrons. The molecular weight excluding hydrogens is 240 g/mol. The summed E-state index contributed by atoms with van der Waals surface area (Å²) in [6.07, 6.45) is 4.84. The Kier molecular flexibility index (Phi) is 4.45. The van der Waals surface area contributed by atoms with E-state index in [0.29, 0.717) is 24.2 Å². The summed E-state index contributed by atoms with van der Waals surface area (Å²) in [6.45, 7) is 8.22. The SMILES string of the molecule is CCCOc1ncnc(N2CCC(C)CC2C)c1N. The molecule has 0 radical (unpaired) electrons. The molecule has 5 heteroatoms. The van der Waals surface area contributed by atoms with Gasteiger partial charge in [-0.2, -0.15) is 4.98 Å². The molecule has 5 nitrogen and oxygen atoms in total. The third kappa shape index (κ3) is 3.08. The van der Waals surface area contributed by atoms with E-state index in [1.54, 1.807) is 6.33 Å². The summed E-state index contributed by atoms with van der Waals surface area (Å²) in [5, 5.41) is 0. The van der Waals surface area contributed by atoms with E-state index in [4.69, 9.17) is 10.5 Å². The highest BCUT2D eigenvalue weighted by Gasteiger charge is 2.26. The van der Waals surface area contributed by atoms with Gasteiger partial charge in [0.25, 0.3) is 0 Å². The maximum absolute atomic E-state index is 6.16. The molecule has 0 aliphatic carbocycles. The highest BCUT2D eigenvalue weighted by Crippen LogP contribution is 2.33. The van der Waals surface area contributed by atoms with Crippen LogP contribution in [0.15, 0.2) is 6.33 Å². The molecule has 2 atom stereocenters. The average molecular weight is 264 g/mol. The second-order valence-electron chi connectivity index (χ2n) is 5.44. The van der Waals surface area contributed by atoms with Gasteiger partial charge in [0.05, 0.1) is 6.61 Å². The normalized spacial score (nSPS) is 23.4. The molecule has 0 saturated carbocycles. The van der Waals surface area contributed by atoms with Crippen LogP contribution in [0.2, 0.25) is 0 Å². The Bertz CT molecular complexity index is 424. The van der Waals surface area contributed by atoms with Crippen molar-refractivity contribution in [2.75, 3.05) is 23.8 Å². The maximum Gasteiger partial charge on any atom is 0.242 e. The van der Waals surface area contributed by atoms with Crippen molar-refractivity contribution in [2.45, 2.75) is 46.1 Å². The summed E-state index contributed by atoms with van der Waals surface area (Å²) in [7, 11) is 0. The van der Waals surface area contributed by atoms with Crippen LogP contribution in [0.25, 0.3) is 0 Å². The number of nitrogens with two attached hydrogens (primary N) is 1. The molecule has 2 N–H and O–H groups in total. The number of piperidine rings is 1. The first-order chi connectivity index (χ1) is 9.13. The molecule has 19 heavy (non-hydrogen) atoms. The number of ether oxygens (including phenoxy) is 1. The molecule has 0 amide bonds. The largest absolute Gasteiger partial charge is 0.476 e. The predicted octanol–water partition coefficient (Wildman–Crippen LogP) is 2.47. The molecule has 1 fully saturated rings. The van der Waals surface area contributed by atoms with Crippen molar-refractivity contribution in [2.24, 2.45) is 5.92 Å². The minimum absolute atomic E-state index is 0.458. The topological polar surface area (TPSA) is 64.3 Å². The monoisotopic (exact) mass is 264 g/mol. The van der Waals surface area contributed by atoms with E-state index in [1.807, 2.05) is 0 Å². The Morgan fingerprint density at radius 1 is 1.42 bits per heavy atom. The van der Waals surface area contributed by atoms with Gasteiger partial charge in [0.1, 0.15) is 12.0 Å². The van der Waals surface area contributed by atoms with Gasteiger partial charge in [0.15, 0.2) is 5.82 Å². The molecule has 2 heterocycles. The Labute approximate surface area is 115 Å². The molecule has 1 aromatic heterocycles. The first-order valence-corrected chi connectivity index (χ1v) is 7.13. The van der Waals surface area contributed by atoms with Gasteiger partial charge < -0.3 is 15.4 Å². The number of nitrogen functional groups attached to an aromatic ring is 1. The van der Waals surface area contributed by atoms with Crippen LogP contribution in [0.5, 0.6) is 5.88 Å². The van der Waals surface area contributed by atoms with Gasteiger partial charge in [-0.15, -0.1) is 0 Å². The van der Waals surface area contributed by atoms with Crippen LogP contribution >= 0.6 is 0 Å². The molecule has 1 aromatic rings. The van der Waals surface area contributed by atoms with Crippen LogP contribution in [0.4, 0.5) is 11.5 Å². The van der Waals surface area contributed by atoms with Gasteiger partial charge >= 0.3 is 0 Å². The number of hydrogen-bond acceptors (Lipinski definition) is 5. The molecule has 0 aromatic carbocycles. The molecule has 0 spiro atoms. The van der Waals surface area contributed by atoms with Crippen LogP contribution in [0, 0.1) is 5.92 Å². The van der Waals surface area contributed by atoms with Crippen molar-refractivity contribution >= 4 is 11.5 Å². The van der Waals surface area contributed by atoms with Crippen LogP contribution in [-0.2, 0) is 0 Å². The first-order valence-electron chi connectivity index (χ1n) is 7.13. The lowest BCUT2D eigenvalue weighted by Crippen LogP contribution is -2.41. The zero-order chi connectivity index (χ0) is 13.8. The summed E-state index contributed by atoms with van der Waals surface area (Å²) >= 11 is 0.